The number of alkyl halides is 8. The van der Waals surface area contributed by atoms with Crippen LogP contribution in [0.15, 0.2) is 72.8 Å². The monoisotopic (exact) mass is 509 g/mol. The highest BCUT2D eigenvalue weighted by atomic mass is 19.4. The Morgan fingerprint density at radius 1 is 0.743 bits per heavy atom. The molecule has 35 heavy (non-hydrogen) atoms. The van der Waals surface area contributed by atoms with Gasteiger partial charge in [-0.3, -0.25) is 0 Å². The highest BCUT2D eigenvalue weighted by Gasteiger charge is 2.58. The zero-order valence-electron chi connectivity index (χ0n) is 17.4. The van der Waals surface area contributed by atoms with Crippen LogP contribution in [-0.2, 0) is 5.92 Å². The number of anilines is 2. The predicted molar refractivity (Wildman–Crippen MR) is 108 cm³/mol. The summed E-state index contributed by atoms with van der Waals surface area (Å²) < 4.78 is 124. The van der Waals surface area contributed by atoms with E-state index in [1.807, 2.05) is 0 Å². The van der Waals surface area contributed by atoms with Crippen LogP contribution in [0.1, 0.15) is 5.56 Å². The fraction of sp³-hybridized carbons (Fsp3) is 0.217. The van der Waals surface area contributed by atoms with Crippen molar-refractivity contribution in [2.45, 2.75) is 24.4 Å². The van der Waals surface area contributed by atoms with Crippen LogP contribution < -0.4 is 9.64 Å². The molecule has 1 unspecified atom stereocenters. The van der Waals surface area contributed by atoms with E-state index >= 15 is 0 Å². The molecule has 0 aromatic heterocycles. The van der Waals surface area contributed by atoms with Gasteiger partial charge in [-0.15, -0.1) is 0 Å². The van der Waals surface area contributed by atoms with Gasteiger partial charge in [0.25, 0.3) is 0 Å². The summed E-state index contributed by atoms with van der Waals surface area (Å²) in [4.78, 5) is 0.728. The molecule has 0 amide bonds. The van der Waals surface area contributed by atoms with Crippen molar-refractivity contribution in [1.82, 2.24) is 0 Å². The molecule has 0 radical (unpaired) electrons. The van der Waals surface area contributed by atoms with Crippen molar-refractivity contribution >= 4 is 11.4 Å². The topological polar surface area (TPSA) is 32.7 Å². The smallest absolute Gasteiger partial charge is 0.457 e. The van der Waals surface area contributed by atoms with Crippen molar-refractivity contribution in [1.29, 1.82) is 0 Å². The molecule has 0 saturated heterocycles. The van der Waals surface area contributed by atoms with Gasteiger partial charge in [0.15, 0.2) is 6.10 Å². The summed E-state index contributed by atoms with van der Waals surface area (Å²) in [6.45, 7) is -1.22. The van der Waals surface area contributed by atoms with Crippen molar-refractivity contribution in [2.75, 3.05) is 11.4 Å². The minimum atomic E-state index is -5.94. The molecule has 0 aliphatic heterocycles. The number of hydrogen-bond acceptors (Lipinski definition) is 3. The van der Waals surface area contributed by atoms with Crippen molar-refractivity contribution in [3.8, 4) is 11.5 Å². The Kier molecular flexibility index (Phi) is 7.25. The zero-order chi connectivity index (χ0) is 26.0. The molecule has 0 saturated carbocycles. The average Bonchev–Trinajstić information content (AvgIpc) is 2.77. The third kappa shape index (κ3) is 6.18. The van der Waals surface area contributed by atoms with Crippen LogP contribution in [0.5, 0.6) is 11.5 Å². The molecule has 1 atom stereocenters. The molecule has 0 heterocycles. The maximum Gasteiger partial charge on any atom is 0.458 e. The van der Waals surface area contributed by atoms with Gasteiger partial charge < -0.3 is 14.7 Å². The molecule has 0 bridgehead atoms. The Bertz CT molecular complexity index is 1140. The summed E-state index contributed by atoms with van der Waals surface area (Å²) in [6.07, 6.45) is -14.0. The van der Waals surface area contributed by atoms with Crippen LogP contribution >= 0.6 is 0 Å². The lowest BCUT2D eigenvalue weighted by Crippen LogP contribution is -2.39. The highest BCUT2D eigenvalue weighted by molar-refractivity contribution is 5.66. The summed E-state index contributed by atoms with van der Waals surface area (Å²) in [6, 6.07) is 12.6. The summed E-state index contributed by atoms with van der Waals surface area (Å²) in [7, 11) is 0. The van der Waals surface area contributed by atoms with E-state index in [2.05, 4.69) is 0 Å². The van der Waals surface area contributed by atoms with E-state index in [1.165, 1.54) is 36.4 Å². The lowest BCUT2D eigenvalue weighted by atomic mass is 10.1. The van der Waals surface area contributed by atoms with Crippen molar-refractivity contribution in [3.05, 3.63) is 84.2 Å². The van der Waals surface area contributed by atoms with Crippen molar-refractivity contribution in [2.24, 2.45) is 0 Å². The highest BCUT2D eigenvalue weighted by Crippen LogP contribution is 2.45. The molecule has 0 spiro atoms. The van der Waals surface area contributed by atoms with Crippen LogP contribution in [0.3, 0.4) is 0 Å². The van der Waals surface area contributed by atoms with Crippen molar-refractivity contribution < 1.29 is 49.4 Å². The SMILES string of the molecule is OC(CN(c1cccc(Oc2ccc(F)cc2)c1)c1cccc(C(F)(F)C(F)(F)F)c1)C(F)(F)F. The minimum absolute atomic E-state index is 0.0392. The largest absolute Gasteiger partial charge is 0.458 e. The lowest BCUT2D eigenvalue weighted by molar-refractivity contribution is -0.289. The first-order chi connectivity index (χ1) is 16.2. The van der Waals surface area contributed by atoms with Gasteiger partial charge in [-0.05, 0) is 48.5 Å². The number of halogens is 9. The number of aliphatic hydroxyl groups is 1. The first-order valence-corrected chi connectivity index (χ1v) is 9.79. The third-order valence-corrected chi connectivity index (χ3v) is 4.79. The predicted octanol–water partition coefficient (Wildman–Crippen LogP) is 7.33. The van der Waals surface area contributed by atoms with Crippen LogP contribution in [0, 0.1) is 5.82 Å². The van der Waals surface area contributed by atoms with Gasteiger partial charge >= 0.3 is 18.3 Å². The average molecular weight is 509 g/mol. The number of ether oxygens (including phenoxy) is 1. The van der Waals surface area contributed by atoms with Crippen LogP contribution in [0.2, 0.25) is 0 Å². The maximum atomic E-state index is 13.9. The number of benzene rings is 3. The second kappa shape index (κ2) is 9.68. The maximum absolute atomic E-state index is 13.9. The van der Waals surface area contributed by atoms with Crippen molar-refractivity contribution in [3.63, 3.8) is 0 Å². The second-order valence-electron chi connectivity index (χ2n) is 7.34. The van der Waals surface area contributed by atoms with Gasteiger partial charge in [-0.25, -0.2) is 4.39 Å². The van der Waals surface area contributed by atoms with Gasteiger partial charge in [-0.2, -0.15) is 35.1 Å². The molecular weight excluding hydrogens is 493 g/mol. The van der Waals surface area contributed by atoms with Gasteiger partial charge in [0, 0.05) is 23.0 Å². The molecule has 3 nitrogen and oxygen atoms in total. The lowest BCUT2D eigenvalue weighted by Gasteiger charge is -2.29. The fourth-order valence-corrected chi connectivity index (χ4v) is 3.02. The van der Waals surface area contributed by atoms with Gasteiger partial charge in [0.05, 0.1) is 6.54 Å². The van der Waals surface area contributed by atoms with Crippen LogP contribution in [-0.4, -0.2) is 30.1 Å². The summed E-state index contributed by atoms with van der Waals surface area (Å²) in [5.41, 5.74) is -2.07. The van der Waals surface area contributed by atoms with Gasteiger partial charge in [-0.1, -0.05) is 18.2 Å². The standard InChI is InChI=1S/C23H16F9NO2/c24-15-7-9-18(10-8-15)35-19-6-2-5-17(12-19)33(13-20(34)22(27,28)29)16-4-1-3-14(11-16)21(25,26)23(30,31)32/h1-12,20,34H,13H2. The van der Waals surface area contributed by atoms with E-state index in [1.54, 1.807) is 0 Å². The molecule has 12 heteroatoms. The number of nitrogens with zero attached hydrogens (tertiary/aromatic N) is 1. The Hall–Kier alpha value is -3.41. The summed E-state index contributed by atoms with van der Waals surface area (Å²) in [5, 5.41) is 9.61. The normalized spacial score (nSPS) is 13.4. The molecule has 0 fully saturated rings. The van der Waals surface area contributed by atoms with E-state index in [0.717, 1.165) is 29.2 Å². The molecule has 3 rings (SSSR count). The third-order valence-electron chi connectivity index (χ3n) is 4.79. The quantitative estimate of drug-likeness (QED) is 0.339. The minimum Gasteiger partial charge on any atom is -0.457 e. The van der Waals surface area contributed by atoms with E-state index in [4.69, 9.17) is 4.74 Å². The van der Waals surface area contributed by atoms with Gasteiger partial charge in [0.2, 0.25) is 0 Å². The van der Waals surface area contributed by atoms with Crippen LogP contribution in [0.25, 0.3) is 0 Å². The van der Waals surface area contributed by atoms with E-state index in [-0.39, 0.29) is 17.2 Å². The summed E-state index contributed by atoms with van der Waals surface area (Å²) >= 11 is 0. The molecule has 0 aliphatic carbocycles. The molecular formula is C23H16F9NO2. The second-order valence-corrected chi connectivity index (χ2v) is 7.34. The Morgan fingerprint density at radius 3 is 1.89 bits per heavy atom. The molecule has 1 N–H and O–H groups in total. The number of hydrogen-bond donors (Lipinski definition) is 1. The van der Waals surface area contributed by atoms with E-state index < -0.39 is 48.0 Å². The summed E-state index contributed by atoms with van der Waals surface area (Å²) in [5.74, 6) is -5.62. The fourth-order valence-electron chi connectivity index (χ4n) is 3.02. The van der Waals surface area contributed by atoms with E-state index in [9.17, 15) is 44.6 Å². The van der Waals surface area contributed by atoms with Gasteiger partial charge in [0.1, 0.15) is 17.3 Å². The van der Waals surface area contributed by atoms with Crippen LogP contribution in [0.4, 0.5) is 50.9 Å². The first kappa shape index (κ1) is 26.2. The zero-order valence-corrected chi connectivity index (χ0v) is 17.4. The molecule has 3 aromatic carbocycles. The number of aliphatic hydroxyl groups excluding tert-OH is 1. The Morgan fingerprint density at radius 2 is 1.31 bits per heavy atom. The van der Waals surface area contributed by atoms with E-state index in [0.29, 0.717) is 12.1 Å². The number of rotatable bonds is 7. The Labute approximate surface area is 193 Å². The Balaban J connectivity index is 2.03. The molecule has 3 aromatic rings. The molecule has 0 aliphatic rings. The first-order valence-electron chi connectivity index (χ1n) is 9.79. The molecule has 188 valence electrons.